The Balaban J connectivity index is 1.38. The predicted molar refractivity (Wildman–Crippen MR) is 146 cm³/mol. The van der Waals surface area contributed by atoms with Crippen LogP contribution in [-0.4, -0.2) is 33.9 Å². The van der Waals surface area contributed by atoms with E-state index in [0.717, 1.165) is 52.9 Å². The second-order valence-electron chi connectivity index (χ2n) is 10.5. The van der Waals surface area contributed by atoms with E-state index in [-0.39, 0.29) is 18.0 Å². The number of aromatic nitrogens is 2. The molecule has 1 atom stereocenters. The van der Waals surface area contributed by atoms with Crippen molar-refractivity contribution in [3.63, 3.8) is 0 Å². The highest BCUT2D eigenvalue weighted by Crippen LogP contribution is 2.39. The summed E-state index contributed by atoms with van der Waals surface area (Å²) in [6.45, 7) is 6.42. The summed E-state index contributed by atoms with van der Waals surface area (Å²) in [4.78, 5) is 29.9. The lowest BCUT2D eigenvalue weighted by molar-refractivity contribution is 0.00225. The third kappa shape index (κ3) is 5.00. The number of carbonyl (C=O) groups is 1. The van der Waals surface area contributed by atoms with E-state index < -0.39 is 0 Å². The fourth-order valence-corrected chi connectivity index (χ4v) is 6.60. The lowest BCUT2D eigenvalue weighted by Crippen LogP contribution is -2.29. The summed E-state index contributed by atoms with van der Waals surface area (Å²) in [5.74, 6) is 0.424. The number of nitrogens with one attached hydrogen (secondary N) is 2. The molecule has 2 fully saturated rings. The van der Waals surface area contributed by atoms with Gasteiger partial charge in [0.05, 0.1) is 17.8 Å². The van der Waals surface area contributed by atoms with Gasteiger partial charge in [0.15, 0.2) is 0 Å². The number of rotatable bonds is 8. The topological polar surface area (TPSA) is 76.1 Å². The molecule has 2 aliphatic rings. The highest BCUT2D eigenvalue weighted by atomic mass is 32.2. The fraction of sp³-hybridized carbons (Fsp3) is 0.517. The van der Waals surface area contributed by atoms with E-state index in [9.17, 15) is 9.59 Å². The molecule has 1 amide bonds. The number of hydrogen-bond acceptors (Lipinski definition) is 4. The second-order valence-corrected chi connectivity index (χ2v) is 11.3. The molecule has 7 heteroatoms. The molecule has 0 unspecified atom stereocenters. The highest BCUT2D eigenvalue weighted by Gasteiger charge is 2.33. The van der Waals surface area contributed by atoms with Gasteiger partial charge in [-0.2, -0.15) is 0 Å². The van der Waals surface area contributed by atoms with Crippen molar-refractivity contribution in [3.8, 4) is 0 Å². The summed E-state index contributed by atoms with van der Waals surface area (Å²) in [5.41, 5.74) is 4.07. The minimum atomic E-state index is -0.145. The maximum absolute atomic E-state index is 13.5. The lowest BCUT2D eigenvalue weighted by Gasteiger charge is -2.34. The number of carbonyl (C=O) groups excluding carboxylic acids is 1. The molecule has 1 aromatic carbocycles. The van der Waals surface area contributed by atoms with Crippen molar-refractivity contribution in [3.05, 3.63) is 63.2 Å². The van der Waals surface area contributed by atoms with Crippen LogP contribution >= 0.6 is 11.8 Å². The first-order valence-corrected chi connectivity index (χ1v) is 14.4. The first-order valence-electron chi connectivity index (χ1n) is 13.2. The quantitative estimate of drug-likeness (QED) is 0.372. The number of hydrogen-bond donors (Lipinski definition) is 2. The maximum atomic E-state index is 13.5. The summed E-state index contributed by atoms with van der Waals surface area (Å²) < 4.78 is 8.54. The Morgan fingerprint density at radius 3 is 2.47 bits per heavy atom. The van der Waals surface area contributed by atoms with Gasteiger partial charge < -0.3 is 19.6 Å². The van der Waals surface area contributed by atoms with Gasteiger partial charge in [0.25, 0.3) is 11.5 Å². The SMILES string of the molecule is CSc1cc(C)[nH]c(=O)c1CNC(=O)c1c(C)n([C@H](C)C2CCC(OC3CC3)CC2)c2ccccc12. The molecule has 2 aromatic heterocycles. The zero-order valence-electron chi connectivity index (χ0n) is 21.7. The van der Waals surface area contributed by atoms with Gasteiger partial charge in [-0.15, -0.1) is 11.8 Å². The van der Waals surface area contributed by atoms with E-state index in [1.165, 1.54) is 24.6 Å². The van der Waals surface area contributed by atoms with Crippen LogP contribution in [0, 0.1) is 19.8 Å². The van der Waals surface area contributed by atoms with Gasteiger partial charge in [0.1, 0.15) is 0 Å². The average Bonchev–Trinajstić information content (AvgIpc) is 3.63. The van der Waals surface area contributed by atoms with Crippen LogP contribution in [0.2, 0.25) is 0 Å². The van der Waals surface area contributed by atoms with Crippen molar-refractivity contribution in [2.24, 2.45) is 5.92 Å². The van der Waals surface area contributed by atoms with E-state index in [0.29, 0.717) is 35.3 Å². The monoisotopic (exact) mass is 507 g/mol. The number of fused-ring (bicyclic) bond motifs is 1. The van der Waals surface area contributed by atoms with Gasteiger partial charge in [-0.05, 0) is 83.6 Å². The third-order valence-corrected chi connectivity index (χ3v) is 8.78. The molecule has 5 rings (SSSR count). The Morgan fingerprint density at radius 1 is 1.14 bits per heavy atom. The Labute approximate surface area is 217 Å². The number of para-hydroxylation sites is 1. The van der Waals surface area contributed by atoms with Gasteiger partial charge in [-0.3, -0.25) is 9.59 Å². The van der Waals surface area contributed by atoms with Crippen molar-refractivity contribution in [1.82, 2.24) is 14.9 Å². The number of H-pyrrole nitrogens is 1. The predicted octanol–water partition coefficient (Wildman–Crippen LogP) is 5.90. The largest absolute Gasteiger partial charge is 0.375 e. The van der Waals surface area contributed by atoms with Crippen molar-refractivity contribution < 1.29 is 9.53 Å². The molecule has 0 spiro atoms. The van der Waals surface area contributed by atoms with Crippen LogP contribution in [0.1, 0.15) is 78.8 Å². The number of aromatic amines is 1. The molecule has 0 radical (unpaired) electrons. The van der Waals surface area contributed by atoms with Gasteiger partial charge in [0.2, 0.25) is 0 Å². The van der Waals surface area contributed by atoms with Gasteiger partial charge in [-0.25, -0.2) is 0 Å². The number of amides is 1. The normalized spacial score (nSPS) is 21.0. The third-order valence-electron chi connectivity index (χ3n) is 7.98. The molecule has 2 heterocycles. The Kier molecular flexibility index (Phi) is 7.31. The summed E-state index contributed by atoms with van der Waals surface area (Å²) in [5, 5.41) is 4.01. The van der Waals surface area contributed by atoms with Crippen LogP contribution in [0.25, 0.3) is 10.9 Å². The lowest BCUT2D eigenvalue weighted by atomic mass is 9.83. The minimum absolute atomic E-state index is 0.136. The molecular formula is C29H37N3O3S. The molecule has 36 heavy (non-hydrogen) atoms. The van der Waals surface area contributed by atoms with Gasteiger partial charge in [0, 0.05) is 45.3 Å². The summed E-state index contributed by atoms with van der Waals surface area (Å²) in [6, 6.07) is 10.4. The molecular weight excluding hydrogens is 470 g/mol. The Bertz CT molecular complexity index is 1320. The zero-order chi connectivity index (χ0) is 25.4. The fourth-order valence-electron chi connectivity index (χ4n) is 5.89. The van der Waals surface area contributed by atoms with Crippen molar-refractivity contribution in [1.29, 1.82) is 0 Å². The molecule has 6 nitrogen and oxygen atoms in total. The van der Waals surface area contributed by atoms with E-state index in [1.807, 2.05) is 37.4 Å². The van der Waals surface area contributed by atoms with Crippen LogP contribution in [0.5, 0.6) is 0 Å². The highest BCUT2D eigenvalue weighted by molar-refractivity contribution is 7.98. The van der Waals surface area contributed by atoms with E-state index in [1.54, 1.807) is 0 Å². The first-order chi connectivity index (χ1) is 17.4. The van der Waals surface area contributed by atoms with E-state index >= 15 is 0 Å². The Morgan fingerprint density at radius 2 is 1.81 bits per heavy atom. The zero-order valence-corrected chi connectivity index (χ0v) is 22.5. The first kappa shape index (κ1) is 25.2. The summed E-state index contributed by atoms with van der Waals surface area (Å²) >= 11 is 1.52. The van der Waals surface area contributed by atoms with Gasteiger partial charge in [-0.1, -0.05) is 18.2 Å². The van der Waals surface area contributed by atoms with Crippen LogP contribution in [0.4, 0.5) is 0 Å². The molecule has 192 valence electrons. The molecule has 0 bridgehead atoms. The molecule has 2 N–H and O–H groups in total. The number of nitrogens with zero attached hydrogens (tertiary/aromatic N) is 1. The number of pyridine rings is 1. The van der Waals surface area contributed by atoms with Crippen LogP contribution in [0.3, 0.4) is 0 Å². The molecule has 0 saturated heterocycles. The maximum Gasteiger partial charge on any atom is 0.254 e. The van der Waals surface area contributed by atoms with E-state index in [2.05, 4.69) is 34.8 Å². The number of thioether (sulfide) groups is 1. The van der Waals surface area contributed by atoms with Gasteiger partial charge >= 0.3 is 0 Å². The van der Waals surface area contributed by atoms with Crippen LogP contribution < -0.4 is 10.9 Å². The second kappa shape index (κ2) is 10.5. The average molecular weight is 508 g/mol. The number of benzene rings is 1. The van der Waals surface area contributed by atoms with Crippen molar-refractivity contribution in [2.45, 2.75) is 89.0 Å². The smallest absolute Gasteiger partial charge is 0.254 e. The molecule has 2 saturated carbocycles. The standard InChI is InChI=1S/C29H37N3O3S/c1-17-15-26(36-4)24(28(33)31-17)16-30-29(34)27-19(3)32(25-8-6-5-7-23(25)27)18(2)20-9-11-21(12-10-20)35-22-13-14-22/h5-8,15,18,20-22H,9-14,16H2,1-4H3,(H,30,34)(H,31,33)/t18-,20?,21?/m1/s1. The van der Waals surface area contributed by atoms with Crippen LogP contribution in [0.15, 0.2) is 40.0 Å². The number of aryl methyl sites for hydroxylation is 1. The summed E-state index contributed by atoms with van der Waals surface area (Å²) in [6.07, 6.45) is 9.90. The van der Waals surface area contributed by atoms with Crippen molar-refractivity contribution in [2.75, 3.05) is 6.26 Å². The van der Waals surface area contributed by atoms with Crippen LogP contribution in [-0.2, 0) is 11.3 Å². The summed E-state index contributed by atoms with van der Waals surface area (Å²) in [7, 11) is 0. The molecule has 2 aliphatic carbocycles. The number of ether oxygens (including phenoxy) is 1. The van der Waals surface area contributed by atoms with Crippen molar-refractivity contribution >= 4 is 28.6 Å². The Hall–Kier alpha value is -2.51. The minimum Gasteiger partial charge on any atom is -0.375 e. The van der Waals surface area contributed by atoms with E-state index in [4.69, 9.17) is 4.74 Å². The molecule has 0 aliphatic heterocycles. The molecule has 3 aromatic rings.